The number of carbonyl (C=O) groups is 1. The number of allylic oxidation sites excluding steroid dienone is 1. The van der Waals surface area contributed by atoms with E-state index in [1.54, 1.807) is 7.11 Å². The average Bonchev–Trinajstić information content (AvgIpc) is 3.19. The van der Waals surface area contributed by atoms with E-state index < -0.39 is 0 Å². The number of aromatic nitrogens is 3. The van der Waals surface area contributed by atoms with Crippen molar-refractivity contribution in [1.82, 2.24) is 19.7 Å². The van der Waals surface area contributed by atoms with Crippen molar-refractivity contribution in [3.05, 3.63) is 36.9 Å². The number of hydrogen-bond donors (Lipinski definition) is 0. The van der Waals surface area contributed by atoms with Crippen molar-refractivity contribution in [3.8, 4) is 17.1 Å². The summed E-state index contributed by atoms with van der Waals surface area (Å²) < 4.78 is 7.48. The minimum absolute atomic E-state index is 0.205. The fraction of sp³-hybridized carbons (Fsp3) is 0.522. The largest absolute Gasteiger partial charge is 0.496 e. The third-order valence-corrected chi connectivity index (χ3v) is 7.30. The Morgan fingerprint density at radius 2 is 2.03 bits per heavy atom. The van der Waals surface area contributed by atoms with Gasteiger partial charge < -0.3 is 9.64 Å². The highest BCUT2D eigenvalue weighted by Gasteiger charge is 2.33. The Bertz CT molecular complexity index is 897. The molecule has 1 aliphatic carbocycles. The molecule has 2 aromatic rings. The first-order valence-corrected chi connectivity index (χ1v) is 11.8. The molecule has 0 N–H and O–H groups in total. The molecule has 0 unspecified atom stereocenters. The Morgan fingerprint density at radius 3 is 2.83 bits per heavy atom. The molecule has 1 saturated heterocycles. The van der Waals surface area contributed by atoms with E-state index >= 15 is 0 Å². The van der Waals surface area contributed by atoms with Crippen LogP contribution >= 0.6 is 11.8 Å². The normalized spacial score (nSPS) is 21.2. The van der Waals surface area contributed by atoms with Crippen molar-refractivity contribution in [1.29, 1.82) is 0 Å². The molecule has 7 heteroatoms. The topological polar surface area (TPSA) is 60.2 Å². The molecule has 0 radical (unpaired) electrons. The zero-order valence-corrected chi connectivity index (χ0v) is 18.4. The van der Waals surface area contributed by atoms with Crippen LogP contribution in [0.3, 0.4) is 0 Å². The minimum atomic E-state index is 0.205. The number of amides is 1. The first kappa shape index (κ1) is 21.0. The van der Waals surface area contributed by atoms with Gasteiger partial charge in [0.2, 0.25) is 5.91 Å². The van der Waals surface area contributed by atoms with Gasteiger partial charge in [0.1, 0.15) is 5.75 Å². The van der Waals surface area contributed by atoms with Gasteiger partial charge in [-0.2, -0.15) is 0 Å². The second kappa shape index (κ2) is 9.69. The second-order valence-electron chi connectivity index (χ2n) is 8.13. The van der Waals surface area contributed by atoms with Crippen LogP contribution in [0.2, 0.25) is 0 Å². The van der Waals surface area contributed by atoms with Crippen LogP contribution in [0.1, 0.15) is 32.1 Å². The third kappa shape index (κ3) is 4.41. The van der Waals surface area contributed by atoms with E-state index in [1.807, 2.05) is 34.9 Å². The lowest BCUT2D eigenvalue weighted by molar-refractivity contribution is -0.131. The number of methoxy groups -OCH3 is 1. The number of benzene rings is 1. The van der Waals surface area contributed by atoms with Gasteiger partial charge in [-0.15, -0.1) is 16.8 Å². The number of piperidine rings is 1. The first-order valence-electron chi connectivity index (χ1n) is 10.8. The fourth-order valence-electron chi connectivity index (χ4n) is 4.76. The van der Waals surface area contributed by atoms with Crippen molar-refractivity contribution in [2.24, 2.45) is 11.8 Å². The number of hydrogen-bond acceptors (Lipinski definition) is 5. The second-order valence-corrected chi connectivity index (χ2v) is 9.07. The van der Waals surface area contributed by atoms with Crippen molar-refractivity contribution < 1.29 is 9.53 Å². The van der Waals surface area contributed by atoms with E-state index in [-0.39, 0.29) is 5.91 Å². The number of ether oxygens (including phenoxy) is 1. The van der Waals surface area contributed by atoms with E-state index in [2.05, 4.69) is 21.7 Å². The summed E-state index contributed by atoms with van der Waals surface area (Å²) in [6.45, 7) is 6.26. The van der Waals surface area contributed by atoms with Gasteiger partial charge in [-0.25, -0.2) is 0 Å². The van der Waals surface area contributed by atoms with Gasteiger partial charge >= 0.3 is 0 Å². The van der Waals surface area contributed by atoms with Gasteiger partial charge in [0, 0.05) is 19.6 Å². The molecule has 30 heavy (non-hydrogen) atoms. The van der Waals surface area contributed by atoms with Crippen LogP contribution in [0, 0.1) is 11.8 Å². The summed E-state index contributed by atoms with van der Waals surface area (Å²) in [5.74, 6) is 3.59. The molecule has 0 bridgehead atoms. The molecule has 1 aromatic carbocycles. The SMILES string of the molecule is C=CCn1c(SCC(=O)N2CC[C@H]3CCCC[C@H]3C2)nnc1-c1ccccc1OC. The molecular weight excluding hydrogens is 396 g/mol. The molecule has 1 aromatic heterocycles. The van der Waals surface area contributed by atoms with Crippen LogP contribution in [-0.2, 0) is 11.3 Å². The first-order chi connectivity index (χ1) is 14.7. The van der Waals surface area contributed by atoms with E-state index in [0.29, 0.717) is 18.2 Å². The molecule has 0 spiro atoms. The molecule has 1 aliphatic heterocycles. The number of nitrogens with zero attached hydrogens (tertiary/aromatic N) is 4. The Balaban J connectivity index is 1.45. The maximum Gasteiger partial charge on any atom is 0.233 e. The average molecular weight is 427 g/mol. The van der Waals surface area contributed by atoms with Gasteiger partial charge in [-0.1, -0.05) is 49.2 Å². The summed E-state index contributed by atoms with van der Waals surface area (Å²) in [6.07, 6.45) is 8.27. The molecule has 2 aliphatic rings. The zero-order chi connectivity index (χ0) is 20.9. The quantitative estimate of drug-likeness (QED) is 0.489. The number of fused-ring (bicyclic) bond motifs is 1. The van der Waals surface area contributed by atoms with Gasteiger partial charge in [0.25, 0.3) is 0 Å². The van der Waals surface area contributed by atoms with Crippen molar-refractivity contribution >= 4 is 17.7 Å². The lowest BCUT2D eigenvalue weighted by atomic mass is 9.75. The number of rotatable bonds is 7. The minimum Gasteiger partial charge on any atom is -0.496 e. The zero-order valence-electron chi connectivity index (χ0n) is 17.6. The Labute approximate surface area is 182 Å². The highest BCUT2D eigenvalue weighted by atomic mass is 32.2. The van der Waals surface area contributed by atoms with Crippen molar-refractivity contribution in [2.75, 3.05) is 26.0 Å². The van der Waals surface area contributed by atoms with E-state index in [4.69, 9.17) is 4.74 Å². The highest BCUT2D eigenvalue weighted by Crippen LogP contribution is 2.36. The van der Waals surface area contributed by atoms with Gasteiger partial charge in [-0.3, -0.25) is 9.36 Å². The Kier molecular flexibility index (Phi) is 6.77. The lowest BCUT2D eigenvalue weighted by Gasteiger charge is -2.41. The summed E-state index contributed by atoms with van der Waals surface area (Å²) in [4.78, 5) is 15.0. The molecule has 2 atom stereocenters. The van der Waals surface area contributed by atoms with Gasteiger partial charge in [0.15, 0.2) is 11.0 Å². The molecule has 1 amide bonds. The number of para-hydroxylation sites is 1. The van der Waals surface area contributed by atoms with Gasteiger partial charge in [-0.05, 0) is 36.8 Å². The predicted molar refractivity (Wildman–Crippen MR) is 120 cm³/mol. The predicted octanol–water partition coefficient (Wildman–Crippen LogP) is 4.27. The Hall–Kier alpha value is -2.28. The summed E-state index contributed by atoms with van der Waals surface area (Å²) in [6, 6.07) is 7.76. The molecule has 4 rings (SSSR count). The van der Waals surface area contributed by atoms with Crippen molar-refractivity contribution in [2.45, 2.75) is 43.8 Å². The van der Waals surface area contributed by atoms with E-state index in [9.17, 15) is 4.79 Å². The molecule has 1 saturated carbocycles. The molecule has 2 heterocycles. The van der Waals surface area contributed by atoms with E-state index in [0.717, 1.165) is 47.7 Å². The standard InChI is InChI=1S/C23H30N4O2S/c1-3-13-27-22(19-10-6-7-11-20(19)29-2)24-25-23(27)30-16-21(28)26-14-12-17-8-4-5-9-18(17)15-26/h3,6-7,10-11,17-18H,1,4-5,8-9,12-16H2,2H3/t17-,18+/m1/s1. The summed E-state index contributed by atoms with van der Waals surface area (Å²) >= 11 is 1.46. The van der Waals surface area contributed by atoms with Crippen LogP contribution < -0.4 is 4.74 Å². The summed E-state index contributed by atoms with van der Waals surface area (Å²) in [7, 11) is 1.65. The molecule has 6 nitrogen and oxygen atoms in total. The summed E-state index contributed by atoms with van der Waals surface area (Å²) in [5.41, 5.74) is 0.881. The van der Waals surface area contributed by atoms with Crippen molar-refractivity contribution in [3.63, 3.8) is 0 Å². The van der Waals surface area contributed by atoms with Crippen LogP contribution in [0.4, 0.5) is 0 Å². The molecule has 160 valence electrons. The van der Waals surface area contributed by atoms with E-state index in [1.165, 1.54) is 37.4 Å². The third-order valence-electron chi connectivity index (χ3n) is 6.35. The smallest absolute Gasteiger partial charge is 0.233 e. The number of likely N-dealkylation sites (tertiary alicyclic amines) is 1. The number of carbonyl (C=O) groups excluding carboxylic acids is 1. The van der Waals surface area contributed by atoms with Crippen LogP contribution in [0.15, 0.2) is 42.1 Å². The van der Waals surface area contributed by atoms with Crippen LogP contribution in [0.5, 0.6) is 5.75 Å². The lowest BCUT2D eigenvalue weighted by Crippen LogP contribution is -2.45. The monoisotopic (exact) mass is 426 g/mol. The molecule has 2 fully saturated rings. The van der Waals surface area contributed by atoms with Crippen LogP contribution in [-0.4, -0.2) is 51.5 Å². The van der Waals surface area contributed by atoms with Gasteiger partial charge in [0.05, 0.1) is 18.4 Å². The maximum absolute atomic E-state index is 12.9. The molecular formula is C23H30N4O2S. The number of thioether (sulfide) groups is 1. The Morgan fingerprint density at radius 1 is 1.23 bits per heavy atom. The fourth-order valence-corrected chi connectivity index (χ4v) is 5.61. The highest BCUT2D eigenvalue weighted by molar-refractivity contribution is 7.99. The van der Waals surface area contributed by atoms with Crippen LogP contribution in [0.25, 0.3) is 11.4 Å². The summed E-state index contributed by atoms with van der Waals surface area (Å²) in [5, 5.41) is 9.50. The maximum atomic E-state index is 12.9.